The Hall–Kier alpha value is -0.820. The van der Waals surface area contributed by atoms with Crippen LogP contribution in [-0.2, 0) is 17.9 Å². The summed E-state index contributed by atoms with van der Waals surface area (Å²) >= 11 is 0. The number of benzene rings is 1. The van der Waals surface area contributed by atoms with Gasteiger partial charge >= 0.3 is 0 Å². The molecule has 1 aromatic rings. The van der Waals surface area contributed by atoms with Gasteiger partial charge in [-0.25, -0.2) is 4.99 Å². The number of halogens is 1. The van der Waals surface area contributed by atoms with E-state index in [1.54, 1.807) is 7.11 Å². The maximum Gasteiger partial charge on any atom is 0.188 e. The zero-order valence-electron chi connectivity index (χ0n) is 13.1. The lowest BCUT2D eigenvalue weighted by atomic mass is 10.1. The minimum atomic E-state index is 0. The van der Waals surface area contributed by atoms with E-state index in [-0.39, 0.29) is 24.0 Å². The fraction of sp³-hybridized carbons (Fsp3) is 0.562. The van der Waals surface area contributed by atoms with Gasteiger partial charge in [-0.15, -0.1) is 24.0 Å². The van der Waals surface area contributed by atoms with Crippen LogP contribution in [-0.4, -0.2) is 19.6 Å². The summed E-state index contributed by atoms with van der Waals surface area (Å²) in [7, 11) is 1.70. The third kappa shape index (κ3) is 9.68. The summed E-state index contributed by atoms with van der Waals surface area (Å²) in [5, 5.41) is 3.15. The third-order valence-corrected chi connectivity index (χ3v) is 3.10. The van der Waals surface area contributed by atoms with Crippen LogP contribution in [0, 0.1) is 0 Å². The first-order valence-electron chi connectivity index (χ1n) is 7.36. The van der Waals surface area contributed by atoms with Gasteiger partial charge in [0, 0.05) is 13.7 Å². The Balaban J connectivity index is 0.00000400. The lowest BCUT2D eigenvalue weighted by Gasteiger charge is -2.06. The molecule has 0 saturated heterocycles. The summed E-state index contributed by atoms with van der Waals surface area (Å²) < 4.78 is 5.08. The number of nitrogens with zero attached hydrogens (tertiary/aromatic N) is 1. The van der Waals surface area contributed by atoms with Crippen LogP contribution in [0.1, 0.15) is 43.7 Å². The van der Waals surface area contributed by atoms with Crippen molar-refractivity contribution in [2.75, 3.05) is 13.7 Å². The molecule has 120 valence electrons. The van der Waals surface area contributed by atoms with E-state index in [0.29, 0.717) is 19.1 Å². The predicted molar refractivity (Wildman–Crippen MR) is 100 cm³/mol. The summed E-state index contributed by atoms with van der Waals surface area (Å²) in [5.74, 6) is 0.530. The van der Waals surface area contributed by atoms with Crippen LogP contribution in [0.4, 0.5) is 0 Å². The molecule has 4 nitrogen and oxygen atoms in total. The predicted octanol–water partition coefficient (Wildman–Crippen LogP) is 3.44. The Labute approximate surface area is 145 Å². The number of guanidine groups is 1. The minimum absolute atomic E-state index is 0. The molecule has 0 heterocycles. The van der Waals surface area contributed by atoms with Crippen LogP contribution in [0.25, 0.3) is 0 Å². The van der Waals surface area contributed by atoms with Crippen molar-refractivity contribution in [2.24, 2.45) is 10.7 Å². The number of nitrogens with one attached hydrogen (secondary N) is 1. The average molecular weight is 405 g/mol. The lowest BCUT2D eigenvalue weighted by Crippen LogP contribution is -2.32. The number of nitrogens with two attached hydrogens (primary N) is 1. The maximum atomic E-state index is 5.83. The van der Waals surface area contributed by atoms with Crippen molar-refractivity contribution in [3.05, 3.63) is 35.4 Å². The van der Waals surface area contributed by atoms with Gasteiger partial charge in [-0.05, 0) is 17.5 Å². The van der Waals surface area contributed by atoms with Crippen LogP contribution in [0.3, 0.4) is 0 Å². The minimum Gasteiger partial charge on any atom is -0.380 e. The molecule has 1 rings (SSSR count). The molecule has 0 unspecified atom stereocenters. The third-order valence-electron chi connectivity index (χ3n) is 3.10. The topological polar surface area (TPSA) is 59.6 Å². The lowest BCUT2D eigenvalue weighted by molar-refractivity contribution is 0.185. The zero-order valence-corrected chi connectivity index (χ0v) is 15.4. The molecule has 3 N–H and O–H groups in total. The highest BCUT2D eigenvalue weighted by Gasteiger charge is 1.95. The molecule has 0 spiro atoms. The summed E-state index contributed by atoms with van der Waals surface area (Å²) in [5.41, 5.74) is 8.15. The molecular formula is C16H28IN3O. The number of rotatable bonds is 9. The van der Waals surface area contributed by atoms with Crippen LogP contribution in [0.2, 0.25) is 0 Å². The van der Waals surface area contributed by atoms with Crippen LogP contribution in [0.15, 0.2) is 29.3 Å². The van der Waals surface area contributed by atoms with Gasteiger partial charge in [-0.2, -0.15) is 0 Å². The molecule has 0 aliphatic heterocycles. The molecule has 0 aromatic heterocycles. The molecule has 0 aliphatic rings. The maximum absolute atomic E-state index is 5.83. The Bertz CT molecular complexity index is 393. The molecule has 0 saturated carbocycles. The SMILES string of the molecule is CCCCCCNC(N)=NCc1ccc(COC)cc1.I. The fourth-order valence-corrected chi connectivity index (χ4v) is 1.91. The van der Waals surface area contributed by atoms with Crippen LogP contribution in [0.5, 0.6) is 0 Å². The molecule has 0 amide bonds. The van der Waals surface area contributed by atoms with Gasteiger partial charge in [-0.1, -0.05) is 50.5 Å². The Kier molecular flexibility index (Phi) is 12.4. The summed E-state index contributed by atoms with van der Waals surface area (Å²) in [4.78, 5) is 4.34. The Morgan fingerprint density at radius 3 is 2.43 bits per heavy atom. The normalized spacial score (nSPS) is 11.0. The van der Waals surface area contributed by atoms with Crippen molar-refractivity contribution in [3.8, 4) is 0 Å². The number of hydrogen-bond acceptors (Lipinski definition) is 2. The molecule has 1 aromatic carbocycles. The molecule has 21 heavy (non-hydrogen) atoms. The van der Waals surface area contributed by atoms with Crippen molar-refractivity contribution in [3.63, 3.8) is 0 Å². The number of hydrogen-bond donors (Lipinski definition) is 2. The molecule has 0 bridgehead atoms. The summed E-state index contributed by atoms with van der Waals surface area (Å²) in [6.45, 7) is 4.37. The van der Waals surface area contributed by atoms with Gasteiger partial charge in [0.05, 0.1) is 13.2 Å². The second kappa shape index (κ2) is 12.9. The van der Waals surface area contributed by atoms with E-state index >= 15 is 0 Å². The van der Waals surface area contributed by atoms with Gasteiger partial charge in [-0.3, -0.25) is 0 Å². The molecule has 5 heteroatoms. The van der Waals surface area contributed by atoms with Crippen molar-refractivity contribution in [2.45, 2.75) is 45.8 Å². The molecular weight excluding hydrogens is 377 g/mol. The highest BCUT2D eigenvalue weighted by Crippen LogP contribution is 2.06. The summed E-state index contributed by atoms with van der Waals surface area (Å²) in [6, 6.07) is 8.24. The first-order valence-corrected chi connectivity index (χ1v) is 7.36. The zero-order chi connectivity index (χ0) is 14.6. The smallest absolute Gasteiger partial charge is 0.188 e. The number of ether oxygens (including phenoxy) is 1. The molecule has 0 aliphatic carbocycles. The van der Waals surface area contributed by atoms with Crippen molar-refractivity contribution >= 4 is 29.9 Å². The van der Waals surface area contributed by atoms with Gasteiger partial charge in [0.2, 0.25) is 0 Å². The fourth-order valence-electron chi connectivity index (χ4n) is 1.91. The Morgan fingerprint density at radius 2 is 1.81 bits per heavy atom. The van der Waals surface area contributed by atoms with Crippen molar-refractivity contribution < 1.29 is 4.74 Å². The molecule has 0 radical (unpaired) electrons. The van der Waals surface area contributed by atoms with E-state index in [0.717, 1.165) is 18.5 Å². The summed E-state index contributed by atoms with van der Waals surface area (Å²) in [6.07, 6.45) is 4.93. The van der Waals surface area contributed by atoms with Crippen LogP contribution >= 0.6 is 24.0 Å². The van der Waals surface area contributed by atoms with Crippen molar-refractivity contribution in [1.29, 1.82) is 0 Å². The largest absolute Gasteiger partial charge is 0.380 e. The number of methoxy groups -OCH3 is 1. The van der Waals surface area contributed by atoms with E-state index in [2.05, 4.69) is 41.5 Å². The highest BCUT2D eigenvalue weighted by molar-refractivity contribution is 14.0. The van der Waals surface area contributed by atoms with E-state index in [1.165, 1.54) is 24.8 Å². The molecule has 0 fully saturated rings. The van der Waals surface area contributed by atoms with Crippen LogP contribution < -0.4 is 11.1 Å². The monoisotopic (exact) mass is 405 g/mol. The van der Waals surface area contributed by atoms with Gasteiger partial charge in [0.25, 0.3) is 0 Å². The van der Waals surface area contributed by atoms with Gasteiger partial charge in [0.15, 0.2) is 5.96 Å². The quantitative estimate of drug-likeness (QED) is 0.287. The second-order valence-corrected chi connectivity index (χ2v) is 4.94. The number of aliphatic imine (C=N–C) groups is 1. The van der Waals surface area contributed by atoms with E-state index in [1.807, 2.05) is 0 Å². The average Bonchev–Trinajstić information content (AvgIpc) is 2.47. The number of unbranched alkanes of at least 4 members (excludes halogenated alkanes) is 3. The Morgan fingerprint density at radius 1 is 1.14 bits per heavy atom. The first kappa shape index (κ1) is 20.2. The van der Waals surface area contributed by atoms with E-state index < -0.39 is 0 Å². The first-order chi connectivity index (χ1) is 9.76. The standard InChI is InChI=1S/C16H27N3O.HI/c1-3-4-5-6-11-18-16(17)19-12-14-7-9-15(10-8-14)13-20-2;/h7-10H,3-6,11-13H2,1-2H3,(H3,17,18,19);1H. The second-order valence-electron chi connectivity index (χ2n) is 4.94. The van der Waals surface area contributed by atoms with E-state index in [9.17, 15) is 0 Å². The van der Waals surface area contributed by atoms with Gasteiger partial charge < -0.3 is 15.8 Å². The van der Waals surface area contributed by atoms with Crippen molar-refractivity contribution in [1.82, 2.24) is 5.32 Å². The van der Waals surface area contributed by atoms with Gasteiger partial charge in [0.1, 0.15) is 0 Å². The van der Waals surface area contributed by atoms with E-state index in [4.69, 9.17) is 10.5 Å². The highest BCUT2D eigenvalue weighted by atomic mass is 127. The molecule has 0 atom stereocenters.